The Labute approximate surface area is 210 Å². The molecule has 10 heteroatoms. The molecule has 0 aliphatic carbocycles. The van der Waals surface area contributed by atoms with Gasteiger partial charge >= 0.3 is 12.4 Å². The Bertz CT molecular complexity index is 974. The Kier molecular flexibility index (Phi) is 10.2. The van der Waals surface area contributed by atoms with Crippen LogP contribution in [0.2, 0.25) is 0 Å². The highest BCUT2D eigenvalue weighted by Gasteiger charge is 2.36. The maximum absolute atomic E-state index is 13.1. The molecule has 0 aromatic heterocycles. The van der Waals surface area contributed by atoms with Crippen molar-refractivity contribution in [1.82, 2.24) is 5.32 Å². The number of amides is 1. The van der Waals surface area contributed by atoms with Crippen LogP contribution in [0.4, 0.5) is 32.0 Å². The Morgan fingerprint density at radius 1 is 1.03 bits per heavy atom. The van der Waals surface area contributed by atoms with Crippen LogP contribution in [-0.4, -0.2) is 19.0 Å². The first kappa shape index (κ1) is 29.2. The Balaban J connectivity index is 2.02. The number of carbonyl (C=O) groups excluding carboxylic acids is 1. The average molecular weight is 567 g/mol. The Hall–Kier alpha value is -2.07. The molecule has 0 bridgehead atoms. The van der Waals surface area contributed by atoms with Crippen LogP contribution < -0.4 is 10.2 Å². The third-order valence-electron chi connectivity index (χ3n) is 5.62. The van der Waals surface area contributed by atoms with Gasteiger partial charge in [0.15, 0.2) is 0 Å². The van der Waals surface area contributed by atoms with E-state index >= 15 is 0 Å². The molecule has 35 heavy (non-hydrogen) atoms. The molecule has 2 rings (SSSR count). The van der Waals surface area contributed by atoms with Crippen molar-refractivity contribution >= 4 is 28.0 Å². The summed E-state index contributed by atoms with van der Waals surface area (Å²) in [4.78, 5) is 13.5. The van der Waals surface area contributed by atoms with Gasteiger partial charge in [0.05, 0.1) is 11.1 Å². The summed E-state index contributed by atoms with van der Waals surface area (Å²) in [5.74, 6) is 0. The fraction of sp³-hybridized carbons (Fsp3) is 0.480. The highest BCUT2D eigenvalue weighted by molar-refractivity contribution is 9.10. The second-order valence-corrected chi connectivity index (χ2v) is 9.53. The van der Waals surface area contributed by atoms with E-state index in [0.717, 1.165) is 52.7 Å². The number of nitrogens with one attached hydrogen (secondary N) is 1. The van der Waals surface area contributed by atoms with Crippen molar-refractivity contribution in [3.63, 3.8) is 0 Å². The zero-order valence-electron chi connectivity index (χ0n) is 19.8. The van der Waals surface area contributed by atoms with E-state index < -0.39 is 23.5 Å². The molecule has 0 fully saturated rings. The van der Waals surface area contributed by atoms with Gasteiger partial charge in [-0.3, -0.25) is 4.79 Å². The molecule has 0 spiro atoms. The largest absolute Gasteiger partial charge is 0.416 e. The molecule has 0 saturated carbocycles. The van der Waals surface area contributed by atoms with Crippen LogP contribution in [0.1, 0.15) is 60.9 Å². The van der Waals surface area contributed by atoms with Crippen molar-refractivity contribution in [1.29, 1.82) is 0 Å². The number of aryl methyl sites for hydroxylation is 2. The molecule has 1 amide bonds. The Morgan fingerprint density at radius 2 is 1.63 bits per heavy atom. The van der Waals surface area contributed by atoms with Gasteiger partial charge < -0.3 is 10.2 Å². The quantitative estimate of drug-likeness (QED) is 0.223. The third-order valence-corrected chi connectivity index (χ3v) is 6.07. The zero-order chi connectivity index (χ0) is 26.4. The molecule has 3 nitrogen and oxygen atoms in total. The van der Waals surface area contributed by atoms with Crippen molar-refractivity contribution in [2.75, 3.05) is 11.4 Å². The van der Waals surface area contributed by atoms with E-state index in [1.54, 1.807) is 11.8 Å². The maximum Gasteiger partial charge on any atom is 0.416 e. The molecular formula is C25H29BrF6N2O. The van der Waals surface area contributed by atoms with Crippen molar-refractivity contribution < 1.29 is 31.1 Å². The van der Waals surface area contributed by atoms with Crippen LogP contribution in [0, 0.1) is 6.92 Å². The van der Waals surface area contributed by atoms with E-state index in [0.29, 0.717) is 19.4 Å². The summed E-state index contributed by atoms with van der Waals surface area (Å²) >= 11 is 3.49. The highest BCUT2D eigenvalue weighted by atomic mass is 79.9. The summed E-state index contributed by atoms with van der Waals surface area (Å²) in [5, 5.41) is 2.99. The van der Waals surface area contributed by atoms with Crippen molar-refractivity contribution in [3.05, 3.63) is 62.6 Å². The summed E-state index contributed by atoms with van der Waals surface area (Å²) in [6, 6.07) is 5.34. The molecule has 1 atom stereocenters. The van der Waals surface area contributed by atoms with Crippen molar-refractivity contribution in [3.8, 4) is 0 Å². The third kappa shape index (κ3) is 8.52. The molecular weight excluding hydrogens is 538 g/mol. The lowest BCUT2D eigenvalue weighted by Gasteiger charge is -2.24. The molecule has 2 aromatic rings. The molecule has 0 aliphatic rings. The first-order valence-corrected chi connectivity index (χ1v) is 12.1. The monoisotopic (exact) mass is 566 g/mol. The first-order valence-electron chi connectivity index (χ1n) is 11.3. The van der Waals surface area contributed by atoms with E-state index in [2.05, 4.69) is 28.2 Å². The number of rotatable bonds is 11. The number of nitrogens with zero attached hydrogens (tertiary/aromatic N) is 1. The van der Waals surface area contributed by atoms with Gasteiger partial charge in [-0.05, 0) is 80.1 Å². The van der Waals surface area contributed by atoms with Gasteiger partial charge in [-0.25, -0.2) is 0 Å². The predicted octanol–water partition coefficient (Wildman–Crippen LogP) is 7.67. The van der Waals surface area contributed by atoms with Gasteiger partial charge in [-0.15, -0.1) is 0 Å². The molecule has 0 aliphatic heterocycles. The highest BCUT2D eigenvalue weighted by Crippen LogP contribution is 2.36. The van der Waals surface area contributed by atoms with Gasteiger partial charge in [0, 0.05) is 29.3 Å². The second kappa shape index (κ2) is 12.3. The summed E-state index contributed by atoms with van der Waals surface area (Å²) in [6.07, 6.45) is -6.05. The van der Waals surface area contributed by atoms with Crippen LogP contribution in [-0.2, 0) is 30.1 Å². The topological polar surface area (TPSA) is 32.3 Å². The Morgan fingerprint density at radius 3 is 2.14 bits per heavy atom. The zero-order valence-corrected chi connectivity index (χ0v) is 21.4. The van der Waals surface area contributed by atoms with Crippen LogP contribution in [0.15, 0.2) is 34.8 Å². The predicted molar refractivity (Wildman–Crippen MR) is 128 cm³/mol. The number of carbonyl (C=O) groups is 1. The number of hydrogen-bond donors (Lipinski definition) is 1. The molecule has 0 radical (unpaired) electrons. The van der Waals surface area contributed by atoms with E-state index in [1.165, 1.54) is 0 Å². The number of alkyl halides is 6. The molecule has 1 N–H and O–H groups in total. The molecule has 0 saturated heterocycles. The number of halogens is 7. The minimum absolute atomic E-state index is 0.0942. The summed E-state index contributed by atoms with van der Waals surface area (Å²) < 4.78 is 79.3. The van der Waals surface area contributed by atoms with Crippen LogP contribution in [0.3, 0.4) is 0 Å². The molecule has 1 unspecified atom stereocenters. The van der Waals surface area contributed by atoms with E-state index in [4.69, 9.17) is 0 Å². The van der Waals surface area contributed by atoms with Gasteiger partial charge in [-0.2, -0.15) is 26.3 Å². The van der Waals surface area contributed by atoms with Crippen LogP contribution in [0.25, 0.3) is 0 Å². The van der Waals surface area contributed by atoms with E-state index in [-0.39, 0.29) is 24.2 Å². The lowest BCUT2D eigenvalue weighted by Crippen LogP contribution is -2.29. The molecule has 2 aromatic carbocycles. The second-order valence-electron chi connectivity index (χ2n) is 8.62. The van der Waals surface area contributed by atoms with Crippen LogP contribution in [0.5, 0.6) is 0 Å². The van der Waals surface area contributed by atoms with Crippen LogP contribution >= 0.6 is 15.9 Å². The van der Waals surface area contributed by atoms with Gasteiger partial charge in [0.2, 0.25) is 6.41 Å². The minimum atomic E-state index is -4.87. The maximum atomic E-state index is 13.1. The minimum Gasteiger partial charge on any atom is -0.314 e. The number of hydrogen-bond acceptors (Lipinski definition) is 2. The molecule has 0 heterocycles. The standard InChI is InChI=1S/C25H29BrF6N2O/c1-4-6-19-12-22(26)9-16(2)23(19)34(15-35)8-5-7-17(3)33-14-18-10-20(24(27,28)29)13-21(11-18)25(30,31)32/h9-13,15,17,33H,4-8,14H2,1-3H3. The normalized spacial score (nSPS) is 13.1. The molecule has 194 valence electrons. The lowest BCUT2D eigenvalue weighted by atomic mass is 10.0. The number of anilines is 1. The van der Waals surface area contributed by atoms with Crippen molar-refractivity contribution in [2.24, 2.45) is 0 Å². The van der Waals surface area contributed by atoms with Crippen molar-refractivity contribution in [2.45, 2.75) is 71.4 Å². The number of benzene rings is 2. The van der Waals surface area contributed by atoms with E-state index in [9.17, 15) is 31.1 Å². The fourth-order valence-electron chi connectivity index (χ4n) is 3.98. The van der Waals surface area contributed by atoms with Gasteiger partial charge in [0.25, 0.3) is 0 Å². The van der Waals surface area contributed by atoms with E-state index in [1.807, 2.05) is 19.1 Å². The van der Waals surface area contributed by atoms with Gasteiger partial charge in [0.1, 0.15) is 0 Å². The average Bonchev–Trinajstić information content (AvgIpc) is 2.74. The summed E-state index contributed by atoms with van der Waals surface area (Å²) in [7, 11) is 0. The summed E-state index contributed by atoms with van der Waals surface area (Å²) in [6.45, 7) is 6.09. The summed E-state index contributed by atoms with van der Waals surface area (Å²) in [5.41, 5.74) is 0.142. The first-order chi connectivity index (χ1) is 16.3. The smallest absolute Gasteiger partial charge is 0.314 e. The SMILES string of the molecule is CCCc1cc(Br)cc(C)c1N(C=O)CCCC(C)NCc1cc(C(F)(F)F)cc(C(F)(F)F)c1. The lowest BCUT2D eigenvalue weighted by molar-refractivity contribution is -0.143. The fourth-order valence-corrected chi connectivity index (χ4v) is 4.60. The van der Waals surface area contributed by atoms with Gasteiger partial charge in [-0.1, -0.05) is 29.3 Å².